The molecular formula is C16H12F4N2O2. The lowest BCUT2D eigenvalue weighted by molar-refractivity contribution is -0.137. The smallest absolute Gasteiger partial charge is 0.416 e. The minimum Gasteiger partial charge on any atom is -0.481 e. The van der Waals surface area contributed by atoms with Crippen LogP contribution in [0.1, 0.15) is 11.1 Å². The van der Waals surface area contributed by atoms with Gasteiger partial charge in [-0.15, -0.1) is 0 Å². The summed E-state index contributed by atoms with van der Waals surface area (Å²) in [6.45, 7) is -0.453. The first kappa shape index (κ1) is 17.5. The highest BCUT2D eigenvalue weighted by Gasteiger charge is 2.29. The number of rotatable bonds is 5. The first-order valence-corrected chi connectivity index (χ1v) is 6.73. The van der Waals surface area contributed by atoms with Crippen LogP contribution < -0.4 is 10.2 Å². The van der Waals surface area contributed by atoms with E-state index in [0.717, 1.165) is 12.1 Å². The predicted octanol–water partition coefficient (Wildman–Crippen LogP) is 3.37. The third-order valence-corrected chi connectivity index (χ3v) is 2.84. The van der Waals surface area contributed by atoms with E-state index in [9.17, 15) is 22.4 Å². The molecule has 2 aromatic rings. The van der Waals surface area contributed by atoms with E-state index in [-0.39, 0.29) is 5.75 Å². The number of hydrazone groups is 1. The molecule has 2 aromatic carbocycles. The summed E-state index contributed by atoms with van der Waals surface area (Å²) in [6, 6.07) is 9.84. The van der Waals surface area contributed by atoms with Crippen molar-refractivity contribution in [2.24, 2.45) is 5.10 Å². The highest BCUT2D eigenvalue weighted by molar-refractivity contribution is 5.82. The van der Waals surface area contributed by atoms with Crippen molar-refractivity contribution < 1.29 is 27.1 Å². The number of nitrogens with one attached hydrogen (secondary N) is 1. The van der Waals surface area contributed by atoms with Crippen molar-refractivity contribution in [2.45, 2.75) is 6.18 Å². The monoisotopic (exact) mass is 340 g/mol. The number of ether oxygens (including phenoxy) is 1. The molecule has 126 valence electrons. The van der Waals surface area contributed by atoms with Gasteiger partial charge < -0.3 is 4.74 Å². The summed E-state index contributed by atoms with van der Waals surface area (Å²) in [4.78, 5) is 11.5. The number of hydrogen-bond acceptors (Lipinski definition) is 3. The fourth-order valence-corrected chi connectivity index (χ4v) is 1.67. The Morgan fingerprint density at radius 1 is 1.12 bits per heavy atom. The lowest BCUT2D eigenvalue weighted by Gasteiger charge is -2.06. The molecule has 0 radical (unpaired) electrons. The molecule has 0 atom stereocenters. The Kier molecular flexibility index (Phi) is 5.51. The lowest BCUT2D eigenvalue weighted by atomic mass is 10.1. The topological polar surface area (TPSA) is 50.7 Å². The van der Waals surface area contributed by atoms with Gasteiger partial charge >= 0.3 is 6.18 Å². The third kappa shape index (κ3) is 5.08. The van der Waals surface area contributed by atoms with Gasteiger partial charge in [-0.25, -0.2) is 9.82 Å². The maximum atomic E-state index is 13.3. The SMILES string of the molecule is O=C(COc1ccccc1F)N/N=C/c1ccc(C(F)(F)F)cc1. The maximum absolute atomic E-state index is 13.3. The molecule has 0 fully saturated rings. The molecule has 0 heterocycles. The van der Waals surface area contributed by atoms with E-state index in [0.29, 0.717) is 5.56 Å². The molecule has 2 rings (SSSR count). The minimum atomic E-state index is -4.41. The first-order chi connectivity index (χ1) is 11.4. The molecule has 0 spiro atoms. The Balaban J connectivity index is 1.83. The van der Waals surface area contributed by atoms with Crippen LogP contribution in [0.15, 0.2) is 53.6 Å². The summed E-state index contributed by atoms with van der Waals surface area (Å²) >= 11 is 0. The van der Waals surface area contributed by atoms with Crippen LogP contribution in [-0.4, -0.2) is 18.7 Å². The Labute approximate surface area is 134 Å². The van der Waals surface area contributed by atoms with Crippen LogP contribution in [0.2, 0.25) is 0 Å². The van der Waals surface area contributed by atoms with Gasteiger partial charge in [0, 0.05) is 0 Å². The number of alkyl halides is 3. The van der Waals surface area contributed by atoms with Gasteiger partial charge in [0.1, 0.15) is 0 Å². The minimum absolute atomic E-state index is 0.0700. The molecule has 4 nitrogen and oxygen atoms in total. The Bertz CT molecular complexity index is 728. The number of carbonyl (C=O) groups excluding carboxylic acids is 1. The average Bonchev–Trinajstić information content (AvgIpc) is 2.54. The highest BCUT2D eigenvalue weighted by atomic mass is 19.4. The van der Waals surface area contributed by atoms with Gasteiger partial charge in [0.2, 0.25) is 0 Å². The molecule has 0 aliphatic heterocycles. The molecule has 0 aromatic heterocycles. The van der Waals surface area contributed by atoms with Gasteiger partial charge in [-0.3, -0.25) is 4.79 Å². The molecule has 24 heavy (non-hydrogen) atoms. The molecule has 8 heteroatoms. The van der Waals surface area contributed by atoms with Crippen LogP contribution in [0.4, 0.5) is 17.6 Å². The maximum Gasteiger partial charge on any atom is 0.416 e. The van der Waals surface area contributed by atoms with Gasteiger partial charge in [-0.05, 0) is 29.8 Å². The number of para-hydroxylation sites is 1. The summed E-state index contributed by atoms with van der Waals surface area (Å²) in [5.41, 5.74) is 1.72. The summed E-state index contributed by atoms with van der Waals surface area (Å²) in [6.07, 6.45) is -3.23. The third-order valence-electron chi connectivity index (χ3n) is 2.84. The van der Waals surface area contributed by atoms with Gasteiger partial charge in [-0.2, -0.15) is 18.3 Å². The van der Waals surface area contributed by atoms with E-state index >= 15 is 0 Å². The summed E-state index contributed by atoms with van der Waals surface area (Å²) in [5, 5.41) is 3.59. The van der Waals surface area contributed by atoms with E-state index in [1.54, 1.807) is 6.07 Å². The quantitative estimate of drug-likeness (QED) is 0.515. The fourth-order valence-electron chi connectivity index (χ4n) is 1.67. The average molecular weight is 340 g/mol. The van der Waals surface area contributed by atoms with Crippen molar-refractivity contribution in [3.05, 3.63) is 65.5 Å². The molecule has 0 unspecified atom stereocenters. The molecular weight excluding hydrogens is 328 g/mol. The Morgan fingerprint density at radius 3 is 2.42 bits per heavy atom. The lowest BCUT2D eigenvalue weighted by Crippen LogP contribution is -2.24. The van der Waals surface area contributed by atoms with Crippen molar-refractivity contribution in [1.82, 2.24) is 5.43 Å². The number of carbonyl (C=O) groups is 1. The van der Waals surface area contributed by atoms with Gasteiger partial charge in [0.25, 0.3) is 5.91 Å². The van der Waals surface area contributed by atoms with Gasteiger partial charge in [0.15, 0.2) is 18.2 Å². The molecule has 0 aliphatic rings. The van der Waals surface area contributed by atoms with Crippen molar-refractivity contribution >= 4 is 12.1 Å². The largest absolute Gasteiger partial charge is 0.481 e. The van der Waals surface area contributed by atoms with E-state index < -0.39 is 30.1 Å². The fraction of sp³-hybridized carbons (Fsp3) is 0.125. The Morgan fingerprint density at radius 2 is 1.79 bits per heavy atom. The number of halogens is 4. The molecule has 0 bridgehead atoms. The normalized spacial score (nSPS) is 11.5. The van der Waals surface area contributed by atoms with Gasteiger partial charge in [-0.1, -0.05) is 24.3 Å². The van der Waals surface area contributed by atoms with Crippen molar-refractivity contribution in [3.63, 3.8) is 0 Å². The predicted molar refractivity (Wildman–Crippen MR) is 79.1 cm³/mol. The van der Waals surface area contributed by atoms with Crippen molar-refractivity contribution in [1.29, 1.82) is 0 Å². The molecule has 0 saturated heterocycles. The van der Waals surface area contributed by atoms with Gasteiger partial charge in [0.05, 0.1) is 11.8 Å². The van der Waals surface area contributed by atoms with E-state index in [2.05, 4.69) is 10.5 Å². The second kappa shape index (κ2) is 7.58. The number of amides is 1. The van der Waals surface area contributed by atoms with Crippen LogP contribution in [0, 0.1) is 5.82 Å². The zero-order valence-corrected chi connectivity index (χ0v) is 12.2. The zero-order chi connectivity index (χ0) is 17.6. The highest BCUT2D eigenvalue weighted by Crippen LogP contribution is 2.28. The van der Waals surface area contributed by atoms with Crippen LogP contribution in [0.5, 0.6) is 5.75 Å². The summed E-state index contributed by atoms with van der Waals surface area (Å²) in [7, 11) is 0. The number of benzene rings is 2. The zero-order valence-electron chi connectivity index (χ0n) is 12.2. The molecule has 0 saturated carbocycles. The van der Waals surface area contributed by atoms with Crippen LogP contribution >= 0.6 is 0 Å². The summed E-state index contributed by atoms with van der Waals surface area (Å²) < 4.78 is 55.4. The first-order valence-electron chi connectivity index (χ1n) is 6.73. The van der Waals surface area contributed by atoms with Crippen molar-refractivity contribution in [3.8, 4) is 5.75 Å². The Hall–Kier alpha value is -2.90. The van der Waals surface area contributed by atoms with E-state index in [1.807, 2.05) is 0 Å². The molecule has 1 N–H and O–H groups in total. The standard InChI is InChI=1S/C16H12F4N2O2/c17-13-3-1-2-4-14(13)24-10-15(23)22-21-9-11-5-7-12(8-6-11)16(18,19)20/h1-9H,10H2,(H,22,23)/b21-9+. The number of nitrogens with zero attached hydrogens (tertiary/aromatic N) is 1. The second-order valence-electron chi connectivity index (χ2n) is 4.63. The van der Waals surface area contributed by atoms with Crippen LogP contribution in [-0.2, 0) is 11.0 Å². The van der Waals surface area contributed by atoms with E-state index in [1.165, 1.54) is 36.5 Å². The van der Waals surface area contributed by atoms with Crippen LogP contribution in [0.25, 0.3) is 0 Å². The summed E-state index contributed by atoms with van der Waals surface area (Å²) in [5.74, 6) is -1.31. The van der Waals surface area contributed by atoms with Crippen LogP contribution in [0.3, 0.4) is 0 Å². The second-order valence-corrected chi connectivity index (χ2v) is 4.63. The van der Waals surface area contributed by atoms with Crippen molar-refractivity contribution in [2.75, 3.05) is 6.61 Å². The molecule has 1 amide bonds. The number of hydrogen-bond donors (Lipinski definition) is 1. The molecule has 0 aliphatic carbocycles. The van der Waals surface area contributed by atoms with E-state index in [4.69, 9.17) is 4.74 Å².